The molecule has 0 bridgehead atoms. The van der Waals surface area contributed by atoms with Crippen LogP contribution in [0.25, 0.3) is 11.3 Å². The molecule has 0 saturated carbocycles. The van der Waals surface area contributed by atoms with Gasteiger partial charge in [-0.15, -0.1) is 0 Å². The molecular formula is C20H20ClN5O. The van der Waals surface area contributed by atoms with Crippen LogP contribution < -0.4 is 10.2 Å². The van der Waals surface area contributed by atoms with E-state index >= 15 is 0 Å². The number of aromatic nitrogens is 3. The van der Waals surface area contributed by atoms with Gasteiger partial charge in [-0.2, -0.15) is 5.10 Å². The summed E-state index contributed by atoms with van der Waals surface area (Å²) in [6.45, 7) is 1.66. The predicted molar refractivity (Wildman–Crippen MR) is 106 cm³/mol. The number of amides is 1. The highest BCUT2D eigenvalue weighted by atomic mass is 35.5. The first-order valence-corrected chi connectivity index (χ1v) is 9.34. The topological polar surface area (TPSA) is 73.9 Å². The van der Waals surface area contributed by atoms with Crippen LogP contribution in [0.3, 0.4) is 0 Å². The van der Waals surface area contributed by atoms with E-state index in [1.165, 1.54) is 0 Å². The summed E-state index contributed by atoms with van der Waals surface area (Å²) in [6.07, 6.45) is 5.22. The van der Waals surface area contributed by atoms with Gasteiger partial charge < -0.3 is 10.2 Å². The summed E-state index contributed by atoms with van der Waals surface area (Å²) in [6, 6.07) is 13.2. The maximum Gasteiger partial charge on any atom is 0.251 e. The van der Waals surface area contributed by atoms with Crippen molar-refractivity contribution in [2.45, 2.75) is 18.9 Å². The number of rotatable bonds is 4. The Bertz CT molecular complexity index is 910. The summed E-state index contributed by atoms with van der Waals surface area (Å²) < 4.78 is 0. The highest BCUT2D eigenvalue weighted by Crippen LogP contribution is 2.25. The molecule has 0 radical (unpaired) electrons. The van der Waals surface area contributed by atoms with Gasteiger partial charge in [-0.3, -0.25) is 14.9 Å². The largest absolute Gasteiger partial charge is 0.353 e. The SMILES string of the molecule is O=C(NC1CCCN(c2cc(-c3ccc(Cl)cc3)[nH]n2)C1)c1ccncc1. The maximum atomic E-state index is 12.4. The van der Waals surface area contributed by atoms with Crippen LogP contribution in [0.1, 0.15) is 23.2 Å². The maximum absolute atomic E-state index is 12.4. The molecule has 1 aromatic carbocycles. The molecule has 3 aromatic rings. The highest BCUT2D eigenvalue weighted by Gasteiger charge is 2.23. The third-order valence-corrected chi connectivity index (χ3v) is 4.99. The fraction of sp³-hybridized carbons (Fsp3) is 0.250. The average molecular weight is 382 g/mol. The second kappa shape index (κ2) is 7.80. The second-order valence-electron chi connectivity index (χ2n) is 6.64. The van der Waals surface area contributed by atoms with Gasteiger partial charge in [0.1, 0.15) is 0 Å². The molecule has 1 atom stereocenters. The molecule has 1 aliphatic rings. The Labute approximate surface area is 162 Å². The lowest BCUT2D eigenvalue weighted by Crippen LogP contribution is -2.48. The molecule has 2 N–H and O–H groups in total. The number of H-pyrrole nitrogens is 1. The van der Waals surface area contributed by atoms with Crippen molar-refractivity contribution in [3.8, 4) is 11.3 Å². The van der Waals surface area contributed by atoms with Gasteiger partial charge in [0.15, 0.2) is 5.82 Å². The Kier molecular flexibility index (Phi) is 5.07. The summed E-state index contributed by atoms with van der Waals surface area (Å²) in [5, 5.41) is 11.4. The standard InChI is InChI=1S/C20H20ClN5O/c21-16-5-3-14(4-6-16)18-12-19(25-24-18)26-11-1-2-17(13-26)23-20(27)15-7-9-22-10-8-15/h3-10,12,17H,1-2,11,13H2,(H,23,27)(H,24,25). The van der Waals surface area contributed by atoms with Crippen molar-refractivity contribution in [2.24, 2.45) is 0 Å². The number of nitrogens with zero attached hydrogens (tertiary/aromatic N) is 3. The van der Waals surface area contributed by atoms with Gasteiger partial charge >= 0.3 is 0 Å². The van der Waals surface area contributed by atoms with E-state index in [1.807, 2.05) is 30.3 Å². The average Bonchev–Trinajstić information content (AvgIpc) is 3.20. The summed E-state index contributed by atoms with van der Waals surface area (Å²) in [7, 11) is 0. The van der Waals surface area contributed by atoms with E-state index in [4.69, 9.17) is 11.6 Å². The van der Waals surface area contributed by atoms with Crippen LogP contribution in [0.2, 0.25) is 5.02 Å². The number of benzene rings is 1. The van der Waals surface area contributed by atoms with Crippen LogP contribution in [0.15, 0.2) is 54.9 Å². The smallest absolute Gasteiger partial charge is 0.251 e. The van der Waals surface area contributed by atoms with Crippen molar-refractivity contribution in [3.63, 3.8) is 0 Å². The van der Waals surface area contributed by atoms with Gasteiger partial charge in [0.05, 0.1) is 5.69 Å². The Hall–Kier alpha value is -2.86. The summed E-state index contributed by atoms with van der Waals surface area (Å²) in [5.74, 6) is 0.830. The normalized spacial score (nSPS) is 16.9. The quantitative estimate of drug-likeness (QED) is 0.725. The number of pyridine rings is 1. The minimum atomic E-state index is -0.0619. The fourth-order valence-corrected chi connectivity index (χ4v) is 3.45. The Morgan fingerprint density at radius 3 is 2.74 bits per heavy atom. The van der Waals surface area contributed by atoms with Crippen LogP contribution in [0, 0.1) is 0 Å². The lowest BCUT2D eigenvalue weighted by molar-refractivity contribution is 0.0933. The molecule has 4 rings (SSSR count). The summed E-state index contributed by atoms with van der Waals surface area (Å²) >= 11 is 5.96. The van der Waals surface area contributed by atoms with E-state index in [2.05, 4.69) is 25.4 Å². The number of carbonyl (C=O) groups is 1. The summed E-state index contributed by atoms with van der Waals surface area (Å²) in [4.78, 5) is 18.5. The van der Waals surface area contributed by atoms with Crippen LogP contribution in [-0.2, 0) is 0 Å². The molecule has 6 nitrogen and oxygen atoms in total. The first-order valence-electron chi connectivity index (χ1n) is 8.96. The van der Waals surface area contributed by atoms with Crippen LogP contribution in [0.4, 0.5) is 5.82 Å². The van der Waals surface area contributed by atoms with Crippen LogP contribution in [0.5, 0.6) is 0 Å². The highest BCUT2D eigenvalue weighted by molar-refractivity contribution is 6.30. The Morgan fingerprint density at radius 1 is 1.19 bits per heavy atom. The molecule has 3 heterocycles. The van der Waals surface area contributed by atoms with E-state index in [1.54, 1.807) is 24.5 Å². The van der Waals surface area contributed by atoms with Crippen molar-refractivity contribution < 1.29 is 4.79 Å². The zero-order valence-corrected chi connectivity index (χ0v) is 15.5. The monoisotopic (exact) mass is 381 g/mol. The van der Waals surface area contributed by atoms with Crippen LogP contribution in [-0.4, -0.2) is 40.2 Å². The fourth-order valence-electron chi connectivity index (χ4n) is 3.33. The van der Waals surface area contributed by atoms with Gasteiger partial charge in [-0.25, -0.2) is 0 Å². The molecule has 27 heavy (non-hydrogen) atoms. The van der Waals surface area contributed by atoms with E-state index < -0.39 is 0 Å². The Balaban J connectivity index is 1.42. The molecule has 7 heteroatoms. The van der Waals surface area contributed by atoms with Gasteiger partial charge in [0.25, 0.3) is 5.91 Å². The van der Waals surface area contributed by atoms with E-state index in [0.717, 1.165) is 43.0 Å². The minimum Gasteiger partial charge on any atom is -0.353 e. The number of hydrogen-bond acceptors (Lipinski definition) is 4. The number of aromatic amines is 1. The van der Waals surface area contributed by atoms with Crippen molar-refractivity contribution in [3.05, 3.63) is 65.4 Å². The van der Waals surface area contributed by atoms with Crippen LogP contribution >= 0.6 is 11.6 Å². The van der Waals surface area contributed by atoms with Gasteiger partial charge in [-0.1, -0.05) is 23.7 Å². The molecule has 1 aliphatic heterocycles. The number of carbonyl (C=O) groups excluding carboxylic acids is 1. The number of hydrogen-bond donors (Lipinski definition) is 2. The molecule has 0 aliphatic carbocycles. The predicted octanol–water partition coefficient (Wildman–Crippen LogP) is 3.52. The number of nitrogens with one attached hydrogen (secondary N) is 2. The third-order valence-electron chi connectivity index (χ3n) is 4.74. The van der Waals surface area contributed by atoms with Crippen molar-refractivity contribution >= 4 is 23.3 Å². The zero-order chi connectivity index (χ0) is 18.6. The second-order valence-corrected chi connectivity index (χ2v) is 7.08. The molecule has 1 fully saturated rings. The minimum absolute atomic E-state index is 0.0619. The van der Waals surface area contributed by atoms with E-state index in [0.29, 0.717) is 10.6 Å². The third kappa shape index (κ3) is 4.11. The van der Waals surface area contributed by atoms with E-state index in [9.17, 15) is 4.79 Å². The lowest BCUT2D eigenvalue weighted by Gasteiger charge is -2.33. The zero-order valence-electron chi connectivity index (χ0n) is 14.7. The molecule has 1 amide bonds. The molecule has 138 valence electrons. The Morgan fingerprint density at radius 2 is 1.96 bits per heavy atom. The van der Waals surface area contributed by atoms with Gasteiger partial charge in [0.2, 0.25) is 0 Å². The van der Waals surface area contributed by atoms with Crippen molar-refractivity contribution in [1.82, 2.24) is 20.5 Å². The number of anilines is 1. The summed E-state index contributed by atoms with van der Waals surface area (Å²) in [5.41, 5.74) is 2.62. The van der Waals surface area contributed by atoms with E-state index in [-0.39, 0.29) is 11.9 Å². The lowest BCUT2D eigenvalue weighted by atomic mass is 10.0. The molecular weight excluding hydrogens is 362 g/mol. The van der Waals surface area contributed by atoms with Gasteiger partial charge in [0, 0.05) is 48.2 Å². The van der Waals surface area contributed by atoms with Crippen molar-refractivity contribution in [2.75, 3.05) is 18.0 Å². The molecule has 0 spiro atoms. The number of halogens is 1. The molecule has 1 unspecified atom stereocenters. The van der Waals surface area contributed by atoms with Crippen molar-refractivity contribution in [1.29, 1.82) is 0 Å². The van der Waals surface area contributed by atoms with Gasteiger partial charge in [-0.05, 0) is 42.7 Å². The molecule has 1 saturated heterocycles. The first kappa shape index (κ1) is 17.5. The number of piperidine rings is 1. The molecule has 2 aromatic heterocycles. The first-order chi connectivity index (χ1) is 13.2.